The van der Waals surface area contributed by atoms with Crippen molar-refractivity contribution < 1.29 is 26.9 Å². The number of aldehydes is 1. The summed E-state index contributed by atoms with van der Waals surface area (Å²) in [6, 6.07) is 5.50. The fourth-order valence-electron chi connectivity index (χ4n) is 2.49. The molecule has 1 amide bonds. The highest BCUT2D eigenvalue weighted by Crippen LogP contribution is 2.25. The number of hydrogen-bond acceptors (Lipinski definition) is 6. The molecule has 8 heteroatoms. The topological polar surface area (TPSA) is 90.0 Å². The first kappa shape index (κ1) is 19.4. The normalized spacial score (nSPS) is 21.2. The largest absolute Gasteiger partial charge is 0.444 e. The van der Waals surface area contributed by atoms with Crippen molar-refractivity contribution in [1.29, 1.82) is 0 Å². The lowest BCUT2D eigenvalue weighted by Gasteiger charge is -2.26. The molecule has 1 aliphatic rings. The summed E-state index contributed by atoms with van der Waals surface area (Å²) < 4.78 is 35.2. The van der Waals surface area contributed by atoms with Crippen LogP contribution < -0.4 is 0 Å². The van der Waals surface area contributed by atoms with Gasteiger partial charge in [-0.15, -0.1) is 0 Å². The molecule has 1 fully saturated rings. The Hall–Kier alpha value is -1.93. The lowest BCUT2D eigenvalue weighted by atomic mass is 10.2. The van der Waals surface area contributed by atoms with Crippen LogP contribution in [0.1, 0.15) is 32.8 Å². The Balaban J connectivity index is 2.10. The first-order valence-corrected chi connectivity index (χ1v) is 9.37. The monoisotopic (exact) mass is 369 g/mol. The van der Waals surface area contributed by atoms with E-state index >= 15 is 0 Å². The molecule has 0 saturated carbocycles. The number of likely N-dealkylation sites (tertiary alicyclic amines) is 1. The van der Waals surface area contributed by atoms with Crippen molar-refractivity contribution in [3.8, 4) is 0 Å². The van der Waals surface area contributed by atoms with Crippen molar-refractivity contribution in [1.82, 2.24) is 4.90 Å². The molecule has 1 saturated heterocycles. The third kappa shape index (κ3) is 5.02. The third-order valence-corrected chi connectivity index (χ3v) is 5.04. The molecule has 1 heterocycles. The SMILES string of the molecule is Cc1ccc(S(=O)(=O)O[C@H]2C[C@H](C=O)N(C(=O)OC(C)(C)C)C2)cc1. The number of carbonyl (C=O) groups excluding carboxylic acids is 2. The molecule has 2 rings (SSSR count). The predicted molar refractivity (Wildman–Crippen MR) is 90.6 cm³/mol. The molecule has 2 atom stereocenters. The fraction of sp³-hybridized carbons (Fsp3) is 0.529. The van der Waals surface area contributed by atoms with Crippen molar-refractivity contribution in [3.63, 3.8) is 0 Å². The zero-order chi connectivity index (χ0) is 18.8. The zero-order valence-electron chi connectivity index (χ0n) is 14.8. The second-order valence-corrected chi connectivity index (χ2v) is 8.63. The summed E-state index contributed by atoms with van der Waals surface area (Å²) in [4.78, 5) is 24.7. The van der Waals surface area contributed by atoms with Crippen molar-refractivity contribution in [3.05, 3.63) is 29.8 Å². The number of carbonyl (C=O) groups is 2. The van der Waals surface area contributed by atoms with Gasteiger partial charge in [-0.2, -0.15) is 8.42 Å². The van der Waals surface area contributed by atoms with Gasteiger partial charge in [0.15, 0.2) is 0 Å². The van der Waals surface area contributed by atoms with Crippen LogP contribution in [0, 0.1) is 6.92 Å². The van der Waals surface area contributed by atoms with Gasteiger partial charge >= 0.3 is 6.09 Å². The minimum Gasteiger partial charge on any atom is -0.444 e. The lowest BCUT2D eigenvalue weighted by Crippen LogP contribution is -2.40. The van der Waals surface area contributed by atoms with Crippen molar-refractivity contribution >= 4 is 22.5 Å². The Labute approximate surface area is 148 Å². The van der Waals surface area contributed by atoms with Crippen LogP contribution in [0.15, 0.2) is 29.2 Å². The highest BCUT2D eigenvalue weighted by molar-refractivity contribution is 7.86. The third-order valence-electron chi connectivity index (χ3n) is 3.66. The number of hydrogen-bond donors (Lipinski definition) is 0. The van der Waals surface area contributed by atoms with Crippen LogP contribution in [-0.2, 0) is 23.8 Å². The average molecular weight is 369 g/mol. The van der Waals surface area contributed by atoms with Gasteiger partial charge in [-0.1, -0.05) is 17.7 Å². The highest BCUT2D eigenvalue weighted by atomic mass is 32.2. The first-order chi connectivity index (χ1) is 11.5. The summed E-state index contributed by atoms with van der Waals surface area (Å²) in [6.07, 6.45) is -0.753. The van der Waals surface area contributed by atoms with Crippen LogP contribution in [0.2, 0.25) is 0 Å². The van der Waals surface area contributed by atoms with E-state index in [1.807, 2.05) is 6.92 Å². The van der Waals surface area contributed by atoms with Gasteiger partial charge in [0.25, 0.3) is 10.1 Å². The van der Waals surface area contributed by atoms with E-state index in [0.717, 1.165) is 5.56 Å². The van der Waals surface area contributed by atoms with Gasteiger partial charge in [0.2, 0.25) is 0 Å². The molecule has 1 aromatic rings. The van der Waals surface area contributed by atoms with Gasteiger partial charge in [-0.25, -0.2) is 4.79 Å². The molecule has 0 bridgehead atoms. The zero-order valence-corrected chi connectivity index (χ0v) is 15.6. The van der Waals surface area contributed by atoms with Crippen LogP contribution in [0.25, 0.3) is 0 Å². The van der Waals surface area contributed by atoms with Gasteiger partial charge in [-0.3, -0.25) is 9.08 Å². The molecular weight excluding hydrogens is 346 g/mol. The molecule has 0 spiro atoms. The van der Waals surface area contributed by atoms with Crippen LogP contribution in [0.4, 0.5) is 4.79 Å². The van der Waals surface area contributed by atoms with E-state index in [0.29, 0.717) is 6.29 Å². The average Bonchev–Trinajstić information content (AvgIpc) is 2.88. The quantitative estimate of drug-likeness (QED) is 0.597. The van der Waals surface area contributed by atoms with Gasteiger partial charge in [0.05, 0.1) is 23.6 Å². The molecule has 0 aliphatic carbocycles. The Kier molecular flexibility index (Phi) is 5.53. The van der Waals surface area contributed by atoms with E-state index in [1.165, 1.54) is 17.0 Å². The maximum Gasteiger partial charge on any atom is 0.410 e. The molecular formula is C17H23NO6S. The minimum atomic E-state index is -3.97. The minimum absolute atomic E-state index is 0.0244. The number of nitrogens with zero attached hydrogens (tertiary/aromatic N) is 1. The number of benzene rings is 1. The van der Waals surface area contributed by atoms with Crippen LogP contribution in [-0.4, -0.2) is 50.0 Å². The summed E-state index contributed by atoms with van der Waals surface area (Å²) >= 11 is 0. The molecule has 138 valence electrons. The second kappa shape index (κ2) is 7.13. The van der Waals surface area contributed by atoms with Crippen molar-refractivity contribution in [2.24, 2.45) is 0 Å². The summed E-state index contributed by atoms with van der Waals surface area (Å²) in [7, 11) is -3.97. The molecule has 1 aliphatic heterocycles. The molecule has 0 N–H and O–H groups in total. The maximum absolute atomic E-state index is 12.4. The van der Waals surface area contributed by atoms with Gasteiger partial charge in [0.1, 0.15) is 11.9 Å². The summed E-state index contributed by atoms with van der Waals surface area (Å²) in [5, 5.41) is 0. The number of aryl methyl sites for hydroxylation is 1. The Morgan fingerprint density at radius 3 is 2.36 bits per heavy atom. The smallest absolute Gasteiger partial charge is 0.410 e. The van der Waals surface area contributed by atoms with Crippen molar-refractivity contribution in [2.45, 2.75) is 56.8 Å². The molecule has 0 aromatic heterocycles. The highest BCUT2D eigenvalue weighted by Gasteiger charge is 2.40. The van der Waals surface area contributed by atoms with E-state index in [2.05, 4.69) is 0 Å². The fourth-order valence-corrected chi connectivity index (χ4v) is 3.57. The molecule has 0 unspecified atom stereocenters. The van der Waals surface area contributed by atoms with Gasteiger partial charge in [0, 0.05) is 6.42 Å². The number of ether oxygens (including phenoxy) is 1. The molecule has 25 heavy (non-hydrogen) atoms. The van der Waals surface area contributed by atoms with E-state index in [9.17, 15) is 18.0 Å². The van der Waals surface area contributed by atoms with Crippen LogP contribution in [0.3, 0.4) is 0 Å². The Bertz CT molecular complexity index is 735. The number of rotatable bonds is 4. The van der Waals surface area contributed by atoms with E-state index in [4.69, 9.17) is 8.92 Å². The molecule has 1 aromatic carbocycles. The Morgan fingerprint density at radius 2 is 1.84 bits per heavy atom. The summed E-state index contributed by atoms with van der Waals surface area (Å²) in [5.41, 5.74) is 0.217. The maximum atomic E-state index is 12.4. The van der Waals surface area contributed by atoms with E-state index in [1.54, 1.807) is 32.9 Å². The standard InChI is InChI=1S/C17H23NO6S/c1-12-5-7-15(8-6-12)25(21,22)24-14-9-13(11-19)18(10-14)16(20)23-17(2,3)4/h5-8,11,13-14H,9-10H2,1-4H3/t13-,14+/m1/s1. The second-order valence-electron chi connectivity index (χ2n) is 7.06. The summed E-state index contributed by atoms with van der Waals surface area (Å²) in [6.45, 7) is 6.97. The lowest BCUT2D eigenvalue weighted by molar-refractivity contribution is -0.111. The van der Waals surface area contributed by atoms with E-state index in [-0.39, 0.29) is 17.9 Å². The van der Waals surface area contributed by atoms with Gasteiger partial charge in [-0.05, 0) is 39.8 Å². The van der Waals surface area contributed by atoms with Crippen LogP contribution in [0.5, 0.6) is 0 Å². The Morgan fingerprint density at radius 1 is 1.24 bits per heavy atom. The van der Waals surface area contributed by atoms with Crippen LogP contribution >= 0.6 is 0 Å². The summed E-state index contributed by atoms with van der Waals surface area (Å²) in [5.74, 6) is 0. The molecule has 0 radical (unpaired) electrons. The van der Waals surface area contributed by atoms with Gasteiger partial charge < -0.3 is 9.53 Å². The van der Waals surface area contributed by atoms with E-state index < -0.39 is 34.0 Å². The number of amides is 1. The van der Waals surface area contributed by atoms with Crippen molar-refractivity contribution in [2.75, 3.05) is 6.54 Å². The first-order valence-electron chi connectivity index (χ1n) is 7.97. The molecule has 7 nitrogen and oxygen atoms in total. The predicted octanol–water partition coefficient (Wildman–Crippen LogP) is 2.28.